The second-order valence-corrected chi connectivity index (χ2v) is 6.15. The number of carboxylic acids is 1. The number of amides is 1. The van der Waals surface area contributed by atoms with Crippen LogP contribution in [0.3, 0.4) is 0 Å². The standard InChI is InChI=1S/C13H18ClN3O3/c1-13(2,3)5-8(4-11(18)19)16-12(20)9-6-15-7-10(14)17-9/h6-8H,4-5H2,1-3H3,(H,16,20)(H,18,19). The van der Waals surface area contributed by atoms with Crippen LogP contribution in [0.4, 0.5) is 0 Å². The highest BCUT2D eigenvalue weighted by Gasteiger charge is 2.23. The summed E-state index contributed by atoms with van der Waals surface area (Å²) in [6.07, 6.45) is 3.01. The quantitative estimate of drug-likeness (QED) is 0.869. The topological polar surface area (TPSA) is 92.2 Å². The van der Waals surface area contributed by atoms with Gasteiger partial charge < -0.3 is 10.4 Å². The summed E-state index contributed by atoms with van der Waals surface area (Å²) in [5, 5.41) is 11.7. The van der Waals surface area contributed by atoms with Crippen LogP contribution in [-0.2, 0) is 4.79 Å². The fourth-order valence-corrected chi connectivity index (χ4v) is 1.98. The molecule has 7 heteroatoms. The third-order valence-electron chi connectivity index (χ3n) is 2.45. The Balaban J connectivity index is 2.78. The van der Waals surface area contributed by atoms with E-state index in [1.807, 2.05) is 20.8 Å². The molecule has 6 nitrogen and oxygen atoms in total. The van der Waals surface area contributed by atoms with Crippen molar-refractivity contribution in [2.75, 3.05) is 0 Å². The van der Waals surface area contributed by atoms with Crippen LogP contribution in [0.1, 0.15) is 44.1 Å². The van der Waals surface area contributed by atoms with E-state index >= 15 is 0 Å². The van der Waals surface area contributed by atoms with Crippen LogP contribution >= 0.6 is 11.6 Å². The van der Waals surface area contributed by atoms with Gasteiger partial charge >= 0.3 is 5.97 Å². The molecule has 1 unspecified atom stereocenters. The van der Waals surface area contributed by atoms with Crippen LogP contribution in [0, 0.1) is 5.41 Å². The van der Waals surface area contributed by atoms with E-state index in [1.165, 1.54) is 12.4 Å². The predicted octanol–water partition coefficient (Wildman–Crippen LogP) is 2.14. The minimum atomic E-state index is -0.961. The number of halogens is 1. The van der Waals surface area contributed by atoms with Crippen LogP contribution in [-0.4, -0.2) is 33.0 Å². The number of rotatable bonds is 5. The van der Waals surface area contributed by atoms with Crippen molar-refractivity contribution in [1.29, 1.82) is 0 Å². The molecule has 20 heavy (non-hydrogen) atoms. The molecule has 0 fully saturated rings. The molecule has 0 radical (unpaired) electrons. The average Bonchev–Trinajstić information content (AvgIpc) is 2.25. The summed E-state index contributed by atoms with van der Waals surface area (Å²) >= 11 is 5.67. The number of aliphatic carboxylic acids is 1. The zero-order valence-electron chi connectivity index (χ0n) is 11.7. The maximum Gasteiger partial charge on any atom is 0.305 e. The number of carboxylic acid groups (broad SMARTS) is 1. The van der Waals surface area contributed by atoms with Gasteiger partial charge in [-0.15, -0.1) is 0 Å². The van der Waals surface area contributed by atoms with Crippen LogP contribution in [0.15, 0.2) is 12.4 Å². The smallest absolute Gasteiger partial charge is 0.305 e. The lowest BCUT2D eigenvalue weighted by Gasteiger charge is -2.25. The highest BCUT2D eigenvalue weighted by molar-refractivity contribution is 6.29. The molecule has 2 N–H and O–H groups in total. The molecule has 0 aliphatic heterocycles. The summed E-state index contributed by atoms with van der Waals surface area (Å²) in [6, 6.07) is -0.471. The molecule has 0 aromatic carbocycles. The SMILES string of the molecule is CC(C)(C)CC(CC(=O)O)NC(=O)c1cncc(Cl)n1. The van der Waals surface area contributed by atoms with Gasteiger partial charge in [0, 0.05) is 6.04 Å². The van der Waals surface area contributed by atoms with Gasteiger partial charge in [-0.3, -0.25) is 14.6 Å². The molecule has 0 aliphatic rings. The third-order valence-corrected chi connectivity index (χ3v) is 2.63. The number of hydrogen-bond acceptors (Lipinski definition) is 4. The molecular formula is C13H18ClN3O3. The molecular weight excluding hydrogens is 282 g/mol. The first-order chi connectivity index (χ1) is 9.17. The zero-order chi connectivity index (χ0) is 15.3. The number of carbonyl (C=O) groups is 2. The molecule has 0 saturated heterocycles. The van der Waals surface area contributed by atoms with Crippen molar-refractivity contribution in [2.45, 2.75) is 39.7 Å². The predicted molar refractivity (Wildman–Crippen MR) is 74.6 cm³/mol. The number of carbonyl (C=O) groups excluding carboxylic acids is 1. The first kappa shape index (κ1) is 16.4. The van der Waals surface area contributed by atoms with Gasteiger partial charge in [0.15, 0.2) is 0 Å². The van der Waals surface area contributed by atoms with E-state index in [2.05, 4.69) is 15.3 Å². The molecule has 1 aromatic rings. The molecule has 0 saturated carbocycles. The number of nitrogens with zero attached hydrogens (tertiary/aromatic N) is 2. The van der Waals surface area contributed by atoms with Crippen molar-refractivity contribution >= 4 is 23.5 Å². The number of hydrogen-bond donors (Lipinski definition) is 2. The van der Waals surface area contributed by atoms with E-state index in [0.717, 1.165) is 0 Å². The lowest BCUT2D eigenvalue weighted by molar-refractivity contribution is -0.137. The van der Waals surface area contributed by atoms with E-state index < -0.39 is 17.9 Å². The van der Waals surface area contributed by atoms with Gasteiger partial charge in [0.2, 0.25) is 0 Å². The minimum absolute atomic E-state index is 0.0711. The average molecular weight is 300 g/mol. The Hall–Kier alpha value is -1.69. The lowest BCUT2D eigenvalue weighted by atomic mass is 9.87. The third kappa shape index (κ3) is 5.97. The Bertz CT molecular complexity index is 500. The Morgan fingerprint density at radius 3 is 2.55 bits per heavy atom. The van der Waals surface area contributed by atoms with Crippen molar-refractivity contribution < 1.29 is 14.7 Å². The van der Waals surface area contributed by atoms with E-state index in [9.17, 15) is 9.59 Å². The number of aromatic nitrogens is 2. The lowest BCUT2D eigenvalue weighted by Crippen LogP contribution is -2.39. The normalized spacial score (nSPS) is 12.8. The summed E-state index contributed by atoms with van der Waals surface area (Å²) in [6.45, 7) is 5.94. The summed E-state index contributed by atoms with van der Waals surface area (Å²) in [7, 11) is 0. The van der Waals surface area contributed by atoms with Gasteiger partial charge in [0.1, 0.15) is 10.8 Å². The molecule has 0 bridgehead atoms. The molecule has 110 valence electrons. The maximum atomic E-state index is 12.0. The maximum absolute atomic E-state index is 12.0. The Morgan fingerprint density at radius 1 is 1.40 bits per heavy atom. The van der Waals surface area contributed by atoms with Crippen LogP contribution in [0.5, 0.6) is 0 Å². The summed E-state index contributed by atoms with van der Waals surface area (Å²) in [5.41, 5.74) is -0.0327. The Kier molecular flexibility index (Phi) is 5.44. The van der Waals surface area contributed by atoms with Crippen molar-refractivity contribution in [1.82, 2.24) is 15.3 Å². The van der Waals surface area contributed by atoms with Crippen molar-refractivity contribution in [3.05, 3.63) is 23.2 Å². The summed E-state index contributed by atoms with van der Waals surface area (Å²) < 4.78 is 0. The van der Waals surface area contributed by atoms with Crippen molar-refractivity contribution in [2.24, 2.45) is 5.41 Å². The number of nitrogens with one attached hydrogen (secondary N) is 1. The fraction of sp³-hybridized carbons (Fsp3) is 0.538. The van der Waals surface area contributed by atoms with E-state index in [-0.39, 0.29) is 22.7 Å². The van der Waals surface area contributed by atoms with Crippen molar-refractivity contribution in [3.8, 4) is 0 Å². The molecule has 0 spiro atoms. The monoisotopic (exact) mass is 299 g/mol. The molecule has 1 amide bonds. The highest BCUT2D eigenvalue weighted by atomic mass is 35.5. The van der Waals surface area contributed by atoms with E-state index in [0.29, 0.717) is 6.42 Å². The van der Waals surface area contributed by atoms with Gasteiger partial charge in [0.05, 0.1) is 18.8 Å². The minimum Gasteiger partial charge on any atom is -0.481 e. The van der Waals surface area contributed by atoms with E-state index in [1.54, 1.807) is 0 Å². The first-order valence-electron chi connectivity index (χ1n) is 6.17. The fourth-order valence-electron chi connectivity index (χ4n) is 1.84. The van der Waals surface area contributed by atoms with Gasteiger partial charge in [-0.2, -0.15) is 0 Å². The highest BCUT2D eigenvalue weighted by Crippen LogP contribution is 2.22. The zero-order valence-corrected chi connectivity index (χ0v) is 12.4. The molecule has 1 rings (SSSR count). The van der Waals surface area contributed by atoms with Gasteiger partial charge in [-0.05, 0) is 11.8 Å². The first-order valence-corrected chi connectivity index (χ1v) is 6.55. The van der Waals surface area contributed by atoms with Gasteiger partial charge in [-0.1, -0.05) is 32.4 Å². The van der Waals surface area contributed by atoms with Gasteiger partial charge in [-0.25, -0.2) is 4.98 Å². The van der Waals surface area contributed by atoms with E-state index in [4.69, 9.17) is 16.7 Å². The van der Waals surface area contributed by atoms with Gasteiger partial charge in [0.25, 0.3) is 5.91 Å². The molecule has 0 aliphatic carbocycles. The van der Waals surface area contributed by atoms with Crippen LogP contribution in [0.2, 0.25) is 5.15 Å². The second kappa shape index (κ2) is 6.65. The van der Waals surface area contributed by atoms with Crippen molar-refractivity contribution in [3.63, 3.8) is 0 Å². The molecule has 1 aromatic heterocycles. The van der Waals surface area contributed by atoms with Crippen LogP contribution in [0.25, 0.3) is 0 Å². The second-order valence-electron chi connectivity index (χ2n) is 5.76. The summed E-state index contributed by atoms with van der Waals surface area (Å²) in [4.78, 5) is 30.5. The largest absolute Gasteiger partial charge is 0.481 e. The molecule has 1 atom stereocenters. The Morgan fingerprint density at radius 2 is 2.05 bits per heavy atom. The van der Waals surface area contributed by atoms with Crippen LogP contribution < -0.4 is 5.32 Å². The summed E-state index contributed by atoms with van der Waals surface area (Å²) in [5.74, 6) is -1.44. The molecule has 1 heterocycles. The Labute approximate surface area is 122 Å².